The van der Waals surface area contributed by atoms with Crippen molar-refractivity contribution in [3.05, 3.63) is 46.7 Å². The summed E-state index contributed by atoms with van der Waals surface area (Å²) >= 11 is 7.46. The molecular weight excluding hydrogens is 268 g/mol. The van der Waals surface area contributed by atoms with E-state index in [-0.39, 0.29) is 0 Å². The van der Waals surface area contributed by atoms with Gasteiger partial charge in [0.05, 0.1) is 15.2 Å². The van der Waals surface area contributed by atoms with E-state index in [0.29, 0.717) is 10.9 Å². The molecule has 2 heterocycles. The van der Waals surface area contributed by atoms with E-state index in [1.807, 2.05) is 25.1 Å². The number of rotatable bonds is 2. The highest BCUT2D eigenvalue weighted by Crippen LogP contribution is 2.29. The monoisotopic (exact) mass is 276 g/mol. The van der Waals surface area contributed by atoms with Crippen molar-refractivity contribution in [2.45, 2.75) is 6.92 Å². The molecule has 0 aliphatic heterocycles. The lowest BCUT2D eigenvalue weighted by molar-refractivity contribution is 0.483. The molecule has 0 atom stereocenters. The normalized spacial score (nSPS) is 10.8. The summed E-state index contributed by atoms with van der Waals surface area (Å²) in [5, 5.41) is 1.47. The lowest BCUT2D eigenvalue weighted by atomic mass is 10.3. The summed E-state index contributed by atoms with van der Waals surface area (Å²) in [5.74, 6) is 1.45. The molecule has 3 nitrogen and oxygen atoms in total. The maximum atomic E-state index is 5.81. The van der Waals surface area contributed by atoms with Crippen LogP contribution >= 0.6 is 22.9 Å². The highest BCUT2D eigenvalue weighted by atomic mass is 35.5. The second-order valence-corrected chi connectivity index (χ2v) is 5.40. The first-order valence-electron chi connectivity index (χ1n) is 5.37. The second-order valence-electron chi connectivity index (χ2n) is 3.78. The van der Waals surface area contributed by atoms with Gasteiger partial charge in [-0.2, -0.15) is 0 Å². The van der Waals surface area contributed by atoms with E-state index in [1.165, 1.54) is 0 Å². The second kappa shape index (κ2) is 4.55. The van der Waals surface area contributed by atoms with Gasteiger partial charge >= 0.3 is 0 Å². The molecule has 0 aliphatic carbocycles. The molecular formula is C13H9ClN2OS. The van der Waals surface area contributed by atoms with Crippen molar-refractivity contribution >= 4 is 33.2 Å². The van der Waals surface area contributed by atoms with Crippen LogP contribution in [0.4, 0.5) is 0 Å². The quantitative estimate of drug-likeness (QED) is 0.649. The molecule has 1 aromatic carbocycles. The summed E-state index contributed by atoms with van der Waals surface area (Å²) in [6, 6.07) is 9.29. The number of benzene rings is 1. The van der Waals surface area contributed by atoms with Gasteiger partial charge in [0.15, 0.2) is 0 Å². The highest BCUT2D eigenvalue weighted by molar-refractivity contribution is 7.18. The van der Waals surface area contributed by atoms with Crippen LogP contribution < -0.4 is 4.74 Å². The minimum absolute atomic E-state index is 0.419. The molecule has 0 N–H and O–H groups in total. The predicted molar refractivity (Wildman–Crippen MR) is 73.7 cm³/mol. The van der Waals surface area contributed by atoms with Crippen molar-refractivity contribution in [1.82, 2.24) is 9.97 Å². The van der Waals surface area contributed by atoms with Crippen molar-refractivity contribution in [1.29, 1.82) is 0 Å². The van der Waals surface area contributed by atoms with Crippen LogP contribution in [0.25, 0.3) is 10.2 Å². The molecule has 0 bridgehead atoms. The molecule has 0 spiro atoms. The molecule has 0 fully saturated rings. The summed E-state index contributed by atoms with van der Waals surface area (Å²) in [6.07, 6.45) is 1.62. The van der Waals surface area contributed by atoms with Gasteiger partial charge in [0.2, 0.25) is 0 Å². The zero-order valence-electron chi connectivity index (χ0n) is 9.55. The topological polar surface area (TPSA) is 35.0 Å². The summed E-state index contributed by atoms with van der Waals surface area (Å²) in [4.78, 5) is 8.32. The van der Waals surface area contributed by atoms with Gasteiger partial charge in [0, 0.05) is 18.3 Å². The first kappa shape index (κ1) is 11.4. The van der Waals surface area contributed by atoms with Crippen LogP contribution in [0.1, 0.15) is 5.01 Å². The molecule has 18 heavy (non-hydrogen) atoms. The van der Waals surface area contributed by atoms with E-state index in [2.05, 4.69) is 9.97 Å². The van der Waals surface area contributed by atoms with Crippen LogP contribution in [-0.4, -0.2) is 9.97 Å². The van der Waals surface area contributed by atoms with E-state index < -0.39 is 0 Å². The molecule has 0 radical (unpaired) electrons. The first-order valence-corrected chi connectivity index (χ1v) is 6.57. The fourth-order valence-electron chi connectivity index (χ4n) is 1.67. The van der Waals surface area contributed by atoms with Crippen molar-refractivity contribution in [3.8, 4) is 11.5 Å². The number of hydrogen-bond acceptors (Lipinski definition) is 4. The van der Waals surface area contributed by atoms with Gasteiger partial charge in [-0.15, -0.1) is 11.3 Å². The van der Waals surface area contributed by atoms with Crippen LogP contribution in [0.3, 0.4) is 0 Å². The van der Waals surface area contributed by atoms with Crippen molar-refractivity contribution < 1.29 is 4.74 Å². The lowest BCUT2D eigenvalue weighted by Gasteiger charge is -2.05. The number of aryl methyl sites for hydroxylation is 1. The number of ether oxygens (including phenoxy) is 1. The van der Waals surface area contributed by atoms with Crippen LogP contribution in [0.5, 0.6) is 11.5 Å². The average molecular weight is 277 g/mol. The number of nitrogens with zero attached hydrogens (tertiary/aromatic N) is 2. The van der Waals surface area contributed by atoms with Gasteiger partial charge in [-0.1, -0.05) is 11.6 Å². The Morgan fingerprint density at radius 1 is 1.17 bits per heavy atom. The Balaban J connectivity index is 1.94. The largest absolute Gasteiger partial charge is 0.457 e. The molecule has 90 valence electrons. The Morgan fingerprint density at radius 2 is 2.00 bits per heavy atom. The van der Waals surface area contributed by atoms with Crippen LogP contribution in [0.2, 0.25) is 5.15 Å². The van der Waals surface area contributed by atoms with E-state index in [0.717, 1.165) is 21.0 Å². The van der Waals surface area contributed by atoms with E-state index >= 15 is 0 Å². The molecule has 5 heteroatoms. The van der Waals surface area contributed by atoms with Gasteiger partial charge in [-0.3, -0.25) is 0 Å². The fourth-order valence-corrected chi connectivity index (χ4v) is 2.69. The van der Waals surface area contributed by atoms with Crippen molar-refractivity contribution in [2.75, 3.05) is 0 Å². The Hall–Kier alpha value is -1.65. The summed E-state index contributed by atoms with van der Waals surface area (Å²) in [6.45, 7) is 1.99. The minimum atomic E-state index is 0.419. The molecule has 0 saturated heterocycles. The number of halogens is 1. The van der Waals surface area contributed by atoms with Crippen LogP contribution in [0.15, 0.2) is 36.5 Å². The third kappa shape index (κ3) is 2.30. The van der Waals surface area contributed by atoms with Gasteiger partial charge in [0.1, 0.15) is 16.7 Å². The predicted octanol–water partition coefficient (Wildman–Crippen LogP) is 4.45. The van der Waals surface area contributed by atoms with Crippen LogP contribution in [0, 0.1) is 6.92 Å². The molecule has 3 aromatic rings. The third-order valence-electron chi connectivity index (χ3n) is 2.40. The Kier molecular flexibility index (Phi) is 2.89. The first-order chi connectivity index (χ1) is 8.70. The summed E-state index contributed by atoms with van der Waals surface area (Å²) in [7, 11) is 0. The number of thiazole rings is 1. The third-order valence-corrected chi connectivity index (χ3v) is 3.54. The Labute approximate surface area is 113 Å². The summed E-state index contributed by atoms with van der Waals surface area (Å²) in [5.41, 5.74) is 0.998. The maximum Gasteiger partial charge on any atom is 0.132 e. The molecule has 0 unspecified atom stereocenters. The fraction of sp³-hybridized carbons (Fsp3) is 0.0769. The average Bonchev–Trinajstić information content (AvgIpc) is 2.68. The Morgan fingerprint density at radius 3 is 2.83 bits per heavy atom. The van der Waals surface area contributed by atoms with Crippen molar-refractivity contribution in [3.63, 3.8) is 0 Å². The van der Waals surface area contributed by atoms with Crippen LogP contribution in [-0.2, 0) is 0 Å². The van der Waals surface area contributed by atoms with Gasteiger partial charge in [-0.25, -0.2) is 9.97 Å². The smallest absolute Gasteiger partial charge is 0.132 e. The SMILES string of the molecule is Cc1nc2ccc(Oc3ccnc(Cl)c3)cc2s1. The molecule has 3 rings (SSSR count). The summed E-state index contributed by atoms with van der Waals surface area (Å²) < 4.78 is 6.85. The number of hydrogen-bond donors (Lipinski definition) is 0. The van der Waals surface area contributed by atoms with E-state index in [1.54, 1.807) is 29.7 Å². The molecule has 0 saturated carbocycles. The van der Waals surface area contributed by atoms with Crippen molar-refractivity contribution in [2.24, 2.45) is 0 Å². The molecule has 0 aliphatic rings. The maximum absolute atomic E-state index is 5.81. The lowest BCUT2D eigenvalue weighted by Crippen LogP contribution is -1.84. The molecule has 0 amide bonds. The van der Waals surface area contributed by atoms with Gasteiger partial charge < -0.3 is 4.74 Å². The number of pyridine rings is 1. The highest BCUT2D eigenvalue weighted by Gasteiger charge is 2.04. The number of fused-ring (bicyclic) bond motifs is 1. The van der Waals surface area contributed by atoms with Gasteiger partial charge in [0.25, 0.3) is 0 Å². The standard InChI is InChI=1S/C13H9ClN2OS/c1-8-16-11-3-2-9(6-12(11)18-8)17-10-4-5-15-13(14)7-10/h2-7H,1H3. The van der Waals surface area contributed by atoms with E-state index in [9.17, 15) is 0 Å². The van der Waals surface area contributed by atoms with Gasteiger partial charge in [-0.05, 0) is 25.1 Å². The van der Waals surface area contributed by atoms with E-state index in [4.69, 9.17) is 16.3 Å². The zero-order valence-corrected chi connectivity index (χ0v) is 11.1. The molecule has 2 aromatic heterocycles. The zero-order chi connectivity index (χ0) is 12.5. The number of aromatic nitrogens is 2. The minimum Gasteiger partial charge on any atom is -0.457 e. The Bertz CT molecular complexity index is 711.